The molecule has 3 aromatic rings. The Morgan fingerprint density at radius 2 is 1.54 bits per heavy atom. The van der Waals surface area contributed by atoms with Crippen LogP contribution >= 0.6 is 0 Å². The SMILES string of the molecule is N#Cc1cccc(Nc2ccc(COCc3ccccc3)cc2)n1. The largest absolute Gasteiger partial charge is 0.372 e. The molecule has 0 unspecified atom stereocenters. The van der Waals surface area contributed by atoms with Crippen molar-refractivity contribution in [2.75, 3.05) is 5.32 Å². The zero-order valence-corrected chi connectivity index (χ0v) is 13.1. The predicted molar refractivity (Wildman–Crippen MR) is 93.6 cm³/mol. The van der Waals surface area contributed by atoms with E-state index in [4.69, 9.17) is 10.00 Å². The van der Waals surface area contributed by atoms with Gasteiger partial charge < -0.3 is 10.1 Å². The molecule has 0 amide bonds. The number of nitrogens with one attached hydrogen (secondary N) is 1. The van der Waals surface area contributed by atoms with Crippen LogP contribution in [0.5, 0.6) is 0 Å². The van der Waals surface area contributed by atoms with Crippen molar-refractivity contribution in [1.82, 2.24) is 4.98 Å². The van der Waals surface area contributed by atoms with Crippen LogP contribution in [0.4, 0.5) is 11.5 Å². The van der Waals surface area contributed by atoms with Crippen molar-refractivity contribution in [3.05, 3.63) is 89.6 Å². The van der Waals surface area contributed by atoms with Crippen molar-refractivity contribution in [2.45, 2.75) is 13.2 Å². The number of nitriles is 1. The molecule has 0 aliphatic rings. The number of hydrogen-bond acceptors (Lipinski definition) is 4. The topological polar surface area (TPSA) is 57.9 Å². The van der Waals surface area contributed by atoms with Gasteiger partial charge in [0.25, 0.3) is 0 Å². The first-order valence-corrected chi connectivity index (χ1v) is 7.68. The highest BCUT2D eigenvalue weighted by Gasteiger charge is 1.99. The number of anilines is 2. The molecule has 4 heteroatoms. The molecule has 0 fully saturated rings. The molecule has 0 saturated carbocycles. The van der Waals surface area contributed by atoms with Gasteiger partial charge >= 0.3 is 0 Å². The second-order valence-corrected chi connectivity index (χ2v) is 5.32. The van der Waals surface area contributed by atoms with Gasteiger partial charge in [-0.1, -0.05) is 48.5 Å². The molecule has 1 heterocycles. The Morgan fingerprint density at radius 3 is 2.25 bits per heavy atom. The van der Waals surface area contributed by atoms with Crippen LogP contribution in [0.2, 0.25) is 0 Å². The second kappa shape index (κ2) is 7.91. The molecular weight excluding hydrogens is 298 g/mol. The average Bonchev–Trinajstić information content (AvgIpc) is 2.64. The van der Waals surface area contributed by atoms with E-state index in [1.165, 1.54) is 5.56 Å². The van der Waals surface area contributed by atoms with Crippen LogP contribution in [0.1, 0.15) is 16.8 Å². The molecule has 0 aliphatic heterocycles. The minimum Gasteiger partial charge on any atom is -0.372 e. The summed E-state index contributed by atoms with van der Waals surface area (Å²) in [6.45, 7) is 1.17. The Hall–Kier alpha value is -3.16. The number of aromatic nitrogens is 1. The van der Waals surface area contributed by atoms with Crippen molar-refractivity contribution in [3.8, 4) is 6.07 Å². The van der Waals surface area contributed by atoms with Gasteiger partial charge in [0.15, 0.2) is 0 Å². The zero-order chi connectivity index (χ0) is 16.6. The van der Waals surface area contributed by atoms with E-state index in [9.17, 15) is 0 Å². The summed E-state index contributed by atoms with van der Waals surface area (Å²) in [5.41, 5.74) is 3.59. The lowest BCUT2D eigenvalue weighted by Crippen LogP contribution is -1.96. The molecule has 4 nitrogen and oxygen atoms in total. The summed E-state index contributed by atoms with van der Waals surface area (Å²) in [5, 5.41) is 12.1. The monoisotopic (exact) mass is 315 g/mol. The fourth-order valence-electron chi connectivity index (χ4n) is 2.26. The molecule has 1 N–H and O–H groups in total. The van der Waals surface area contributed by atoms with E-state index in [1.54, 1.807) is 12.1 Å². The molecule has 0 atom stereocenters. The van der Waals surface area contributed by atoms with E-state index in [0.29, 0.717) is 24.7 Å². The molecule has 1 aromatic heterocycles. The highest BCUT2D eigenvalue weighted by molar-refractivity contribution is 5.56. The predicted octanol–water partition coefficient (Wildman–Crippen LogP) is 4.41. The van der Waals surface area contributed by atoms with Gasteiger partial charge in [-0.05, 0) is 35.4 Å². The molecule has 0 radical (unpaired) electrons. The average molecular weight is 315 g/mol. The molecule has 0 saturated heterocycles. The van der Waals surface area contributed by atoms with Crippen molar-refractivity contribution >= 4 is 11.5 Å². The summed E-state index contributed by atoms with van der Waals surface area (Å²) in [4.78, 5) is 4.20. The molecule has 0 aliphatic carbocycles. The molecule has 0 spiro atoms. The summed E-state index contributed by atoms with van der Waals surface area (Å²) in [7, 11) is 0. The lowest BCUT2D eigenvalue weighted by atomic mass is 10.2. The van der Waals surface area contributed by atoms with Gasteiger partial charge in [0.2, 0.25) is 0 Å². The second-order valence-electron chi connectivity index (χ2n) is 5.32. The third-order valence-electron chi connectivity index (χ3n) is 3.47. The van der Waals surface area contributed by atoms with Crippen LogP contribution in [-0.2, 0) is 18.0 Å². The molecule has 2 aromatic carbocycles. The normalized spacial score (nSPS) is 10.1. The fourth-order valence-corrected chi connectivity index (χ4v) is 2.26. The highest BCUT2D eigenvalue weighted by atomic mass is 16.5. The Balaban J connectivity index is 1.54. The smallest absolute Gasteiger partial charge is 0.142 e. The van der Waals surface area contributed by atoms with Crippen LogP contribution in [0.15, 0.2) is 72.8 Å². The Labute approximate surface area is 141 Å². The van der Waals surface area contributed by atoms with Crippen molar-refractivity contribution in [1.29, 1.82) is 5.26 Å². The lowest BCUT2D eigenvalue weighted by molar-refractivity contribution is 0.107. The summed E-state index contributed by atoms with van der Waals surface area (Å²) in [5.74, 6) is 0.655. The Morgan fingerprint density at radius 1 is 0.833 bits per heavy atom. The number of benzene rings is 2. The van der Waals surface area contributed by atoms with Crippen LogP contribution < -0.4 is 5.32 Å². The van der Waals surface area contributed by atoms with Crippen molar-refractivity contribution in [2.24, 2.45) is 0 Å². The van der Waals surface area contributed by atoms with Gasteiger partial charge in [0.05, 0.1) is 13.2 Å². The summed E-state index contributed by atoms with van der Waals surface area (Å²) in [6.07, 6.45) is 0. The van der Waals surface area contributed by atoms with E-state index >= 15 is 0 Å². The zero-order valence-electron chi connectivity index (χ0n) is 13.1. The number of nitrogens with zero attached hydrogens (tertiary/aromatic N) is 2. The first-order chi connectivity index (χ1) is 11.8. The molecule has 118 valence electrons. The van der Waals surface area contributed by atoms with Crippen LogP contribution in [0, 0.1) is 11.3 Å². The number of hydrogen-bond donors (Lipinski definition) is 1. The number of rotatable bonds is 6. The maximum Gasteiger partial charge on any atom is 0.142 e. The van der Waals surface area contributed by atoms with E-state index < -0.39 is 0 Å². The van der Waals surface area contributed by atoms with E-state index in [1.807, 2.05) is 54.6 Å². The van der Waals surface area contributed by atoms with Gasteiger partial charge in [-0.3, -0.25) is 0 Å². The first-order valence-electron chi connectivity index (χ1n) is 7.68. The van der Waals surface area contributed by atoms with Gasteiger partial charge in [0, 0.05) is 5.69 Å². The number of pyridine rings is 1. The highest BCUT2D eigenvalue weighted by Crippen LogP contribution is 2.16. The summed E-state index contributed by atoms with van der Waals surface area (Å²) >= 11 is 0. The first kappa shape index (κ1) is 15.7. The summed E-state index contributed by atoms with van der Waals surface area (Å²) < 4.78 is 5.73. The third-order valence-corrected chi connectivity index (χ3v) is 3.47. The summed E-state index contributed by atoms with van der Waals surface area (Å²) in [6, 6.07) is 25.4. The molecule has 0 bridgehead atoms. The molecule has 3 rings (SSSR count). The quantitative estimate of drug-likeness (QED) is 0.732. The Kier molecular flexibility index (Phi) is 5.18. The maximum atomic E-state index is 8.88. The van der Waals surface area contributed by atoms with Gasteiger partial charge in [-0.2, -0.15) is 5.26 Å². The van der Waals surface area contributed by atoms with Gasteiger partial charge in [0.1, 0.15) is 17.6 Å². The van der Waals surface area contributed by atoms with E-state index in [2.05, 4.69) is 22.4 Å². The van der Waals surface area contributed by atoms with Crippen molar-refractivity contribution < 1.29 is 4.74 Å². The lowest BCUT2D eigenvalue weighted by Gasteiger charge is -2.08. The van der Waals surface area contributed by atoms with Crippen LogP contribution in [0.3, 0.4) is 0 Å². The van der Waals surface area contributed by atoms with Crippen molar-refractivity contribution in [3.63, 3.8) is 0 Å². The van der Waals surface area contributed by atoms with Crippen LogP contribution in [-0.4, -0.2) is 4.98 Å². The van der Waals surface area contributed by atoms with E-state index in [0.717, 1.165) is 11.3 Å². The third kappa shape index (κ3) is 4.42. The number of ether oxygens (including phenoxy) is 1. The Bertz CT molecular complexity index is 824. The fraction of sp³-hybridized carbons (Fsp3) is 0.100. The minimum absolute atomic E-state index is 0.394. The van der Waals surface area contributed by atoms with Gasteiger partial charge in [-0.25, -0.2) is 4.98 Å². The molecule has 24 heavy (non-hydrogen) atoms. The standard InChI is InChI=1S/C20H17N3O/c21-13-19-7-4-8-20(23-19)22-18-11-9-17(10-12-18)15-24-14-16-5-2-1-3-6-16/h1-12H,14-15H2,(H,22,23). The maximum absolute atomic E-state index is 8.88. The van der Waals surface area contributed by atoms with Crippen LogP contribution in [0.25, 0.3) is 0 Å². The van der Waals surface area contributed by atoms with E-state index in [-0.39, 0.29) is 0 Å². The minimum atomic E-state index is 0.394. The molecular formula is C20H17N3O. The van der Waals surface area contributed by atoms with Gasteiger partial charge in [-0.15, -0.1) is 0 Å².